The number of nitrogens with two attached hydrogens (primary N) is 1. The Morgan fingerprint density at radius 1 is 1.32 bits per heavy atom. The Kier molecular flexibility index (Phi) is 2.81. The van der Waals surface area contributed by atoms with Crippen molar-refractivity contribution in [2.45, 2.75) is 26.3 Å². The maximum Gasteiger partial charge on any atom is 0.227 e. The first-order valence-corrected chi connectivity index (χ1v) is 6.44. The zero-order valence-corrected chi connectivity index (χ0v) is 11.1. The second-order valence-corrected chi connectivity index (χ2v) is 5.17. The molecule has 0 unspecified atom stereocenters. The number of aryl methyl sites for hydroxylation is 1. The summed E-state index contributed by atoms with van der Waals surface area (Å²) >= 11 is 0. The molecule has 2 atom stereocenters. The Morgan fingerprint density at radius 2 is 2.16 bits per heavy atom. The molecule has 98 valence electrons. The molecule has 5 nitrogen and oxygen atoms in total. The highest BCUT2D eigenvalue weighted by molar-refractivity contribution is 5.44. The summed E-state index contributed by atoms with van der Waals surface area (Å²) in [4.78, 5) is 12.0. The quantitative estimate of drug-likeness (QED) is 0.859. The standard InChI is InChI=1S/C14H17N5/c1-8-3-4-10-6-9(2)12(11(10)5-8)18-14-17-7-16-13(15)19-14/h3-5,7,9,12H,6H2,1-2H3,(H3,15,16,17,18,19)/t9-,12+/m0/s1. The summed E-state index contributed by atoms with van der Waals surface area (Å²) in [5.41, 5.74) is 9.60. The molecule has 3 N–H and O–H groups in total. The van der Waals surface area contributed by atoms with Crippen molar-refractivity contribution in [3.05, 3.63) is 41.2 Å². The summed E-state index contributed by atoms with van der Waals surface area (Å²) in [7, 11) is 0. The number of hydrogen-bond donors (Lipinski definition) is 2. The maximum absolute atomic E-state index is 5.58. The van der Waals surface area contributed by atoms with Gasteiger partial charge < -0.3 is 11.1 Å². The zero-order valence-electron chi connectivity index (χ0n) is 11.1. The van der Waals surface area contributed by atoms with E-state index in [2.05, 4.69) is 52.3 Å². The van der Waals surface area contributed by atoms with Gasteiger partial charge in [0.25, 0.3) is 0 Å². The van der Waals surface area contributed by atoms with Gasteiger partial charge in [0.2, 0.25) is 11.9 Å². The molecule has 1 aliphatic rings. The molecule has 5 heteroatoms. The van der Waals surface area contributed by atoms with Gasteiger partial charge in [-0.25, -0.2) is 9.97 Å². The molecule has 1 heterocycles. The van der Waals surface area contributed by atoms with Crippen LogP contribution >= 0.6 is 0 Å². The SMILES string of the molecule is Cc1ccc2c(c1)[C@H](Nc1ncnc(N)n1)[C@@H](C)C2. The van der Waals surface area contributed by atoms with E-state index in [1.54, 1.807) is 0 Å². The van der Waals surface area contributed by atoms with Crippen molar-refractivity contribution in [1.29, 1.82) is 0 Å². The van der Waals surface area contributed by atoms with Crippen LogP contribution in [0, 0.1) is 12.8 Å². The molecule has 0 saturated carbocycles. The van der Waals surface area contributed by atoms with Gasteiger partial charge in [0.15, 0.2) is 0 Å². The first kappa shape index (κ1) is 11.9. The fourth-order valence-electron chi connectivity index (χ4n) is 2.70. The highest BCUT2D eigenvalue weighted by Gasteiger charge is 2.29. The number of benzene rings is 1. The predicted octanol–water partition coefficient (Wildman–Crippen LogP) is 2.11. The third-order valence-corrected chi connectivity index (χ3v) is 3.62. The van der Waals surface area contributed by atoms with Gasteiger partial charge in [-0.2, -0.15) is 4.98 Å². The number of nitrogens with one attached hydrogen (secondary N) is 1. The number of rotatable bonds is 2. The van der Waals surface area contributed by atoms with Crippen LogP contribution in [0.1, 0.15) is 29.7 Å². The Labute approximate surface area is 112 Å². The van der Waals surface area contributed by atoms with Crippen LogP contribution < -0.4 is 11.1 Å². The summed E-state index contributed by atoms with van der Waals surface area (Å²) < 4.78 is 0. The summed E-state index contributed by atoms with van der Waals surface area (Å²) in [5, 5.41) is 3.37. The Balaban J connectivity index is 1.92. The molecule has 0 aliphatic heterocycles. The smallest absolute Gasteiger partial charge is 0.227 e. The second kappa shape index (κ2) is 4.50. The molecule has 0 bridgehead atoms. The lowest BCUT2D eigenvalue weighted by molar-refractivity contribution is 0.538. The van der Waals surface area contributed by atoms with Crippen molar-refractivity contribution in [3.63, 3.8) is 0 Å². The summed E-state index contributed by atoms with van der Waals surface area (Å²) in [6.45, 7) is 4.35. The molecule has 2 aromatic rings. The maximum atomic E-state index is 5.58. The van der Waals surface area contributed by atoms with Crippen LogP contribution in [0.5, 0.6) is 0 Å². The number of aromatic nitrogens is 3. The van der Waals surface area contributed by atoms with Crippen LogP contribution in [0.25, 0.3) is 0 Å². The van der Waals surface area contributed by atoms with Crippen LogP contribution in [0.2, 0.25) is 0 Å². The van der Waals surface area contributed by atoms with E-state index in [1.807, 2.05) is 0 Å². The fourth-order valence-corrected chi connectivity index (χ4v) is 2.70. The van der Waals surface area contributed by atoms with Crippen LogP contribution in [-0.4, -0.2) is 15.0 Å². The molecular formula is C14H17N5. The van der Waals surface area contributed by atoms with E-state index >= 15 is 0 Å². The van der Waals surface area contributed by atoms with E-state index in [4.69, 9.17) is 5.73 Å². The molecule has 0 spiro atoms. The van der Waals surface area contributed by atoms with Crippen LogP contribution in [0.4, 0.5) is 11.9 Å². The molecule has 1 aromatic heterocycles. The average Bonchev–Trinajstić information content (AvgIpc) is 2.66. The predicted molar refractivity (Wildman–Crippen MR) is 74.7 cm³/mol. The lowest BCUT2D eigenvalue weighted by Gasteiger charge is -2.18. The largest absolute Gasteiger partial charge is 0.368 e. The zero-order chi connectivity index (χ0) is 13.4. The van der Waals surface area contributed by atoms with Crippen molar-refractivity contribution < 1.29 is 0 Å². The van der Waals surface area contributed by atoms with Gasteiger partial charge in [-0.3, -0.25) is 0 Å². The van der Waals surface area contributed by atoms with Crippen molar-refractivity contribution in [3.8, 4) is 0 Å². The lowest BCUT2D eigenvalue weighted by Crippen LogP contribution is -2.16. The van der Waals surface area contributed by atoms with Gasteiger partial charge in [0.05, 0.1) is 6.04 Å². The van der Waals surface area contributed by atoms with E-state index in [-0.39, 0.29) is 12.0 Å². The van der Waals surface area contributed by atoms with Gasteiger partial charge in [-0.05, 0) is 30.4 Å². The van der Waals surface area contributed by atoms with E-state index in [1.165, 1.54) is 23.0 Å². The first-order chi connectivity index (χ1) is 9.13. The molecule has 1 aliphatic carbocycles. The minimum absolute atomic E-state index is 0.233. The van der Waals surface area contributed by atoms with Crippen molar-refractivity contribution in [2.24, 2.45) is 5.92 Å². The van der Waals surface area contributed by atoms with Crippen molar-refractivity contribution >= 4 is 11.9 Å². The second-order valence-electron chi connectivity index (χ2n) is 5.17. The number of nitrogen functional groups attached to an aromatic ring is 1. The molecule has 19 heavy (non-hydrogen) atoms. The highest BCUT2D eigenvalue weighted by atomic mass is 15.2. The number of hydrogen-bond acceptors (Lipinski definition) is 5. The molecule has 1 aromatic carbocycles. The Hall–Kier alpha value is -2.17. The third kappa shape index (κ3) is 2.23. The van der Waals surface area contributed by atoms with Gasteiger partial charge in [-0.1, -0.05) is 30.7 Å². The van der Waals surface area contributed by atoms with Gasteiger partial charge in [0.1, 0.15) is 6.33 Å². The Morgan fingerprint density at radius 3 is 2.95 bits per heavy atom. The highest BCUT2D eigenvalue weighted by Crippen LogP contribution is 2.38. The monoisotopic (exact) mass is 255 g/mol. The lowest BCUT2D eigenvalue weighted by atomic mass is 10.0. The third-order valence-electron chi connectivity index (χ3n) is 3.62. The molecule has 3 rings (SSSR count). The topological polar surface area (TPSA) is 76.7 Å². The fraction of sp³-hybridized carbons (Fsp3) is 0.357. The van der Waals surface area contributed by atoms with E-state index in [0.29, 0.717) is 11.9 Å². The number of anilines is 2. The van der Waals surface area contributed by atoms with E-state index in [9.17, 15) is 0 Å². The van der Waals surface area contributed by atoms with Crippen molar-refractivity contribution in [1.82, 2.24) is 15.0 Å². The molecule has 0 radical (unpaired) electrons. The summed E-state index contributed by atoms with van der Waals surface area (Å²) in [6, 6.07) is 6.84. The van der Waals surface area contributed by atoms with Crippen LogP contribution in [0.15, 0.2) is 24.5 Å². The number of fused-ring (bicyclic) bond motifs is 1. The minimum atomic E-state index is 0.233. The van der Waals surface area contributed by atoms with E-state index in [0.717, 1.165) is 6.42 Å². The van der Waals surface area contributed by atoms with Gasteiger partial charge in [0, 0.05) is 0 Å². The van der Waals surface area contributed by atoms with Crippen LogP contribution in [-0.2, 0) is 6.42 Å². The first-order valence-electron chi connectivity index (χ1n) is 6.44. The minimum Gasteiger partial charge on any atom is -0.368 e. The van der Waals surface area contributed by atoms with Gasteiger partial charge >= 0.3 is 0 Å². The molecule has 0 saturated heterocycles. The normalized spacial score (nSPS) is 21.2. The number of nitrogens with zero attached hydrogens (tertiary/aromatic N) is 3. The van der Waals surface area contributed by atoms with E-state index < -0.39 is 0 Å². The van der Waals surface area contributed by atoms with Gasteiger partial charge in [-0.15, -0.1) is 0 Å². The average molecular weight is 255 g/mol. The van der Waals surface area contributed by atoms with Crippen LogP contribution in [0.3, 0.4) is 0 Å². The molecule has 0 fully saturated rings. The summed E-state index contributed by atoms with van der Waals surface area (Å²) in [6.07, 6.45) is 2.51. The summed E-state index contributed by atoms with van der Waals surface area (Å²) in [5.74, 6) is 1.29. The molecular weight excluding hydrogens is 238 g/mol. The molecule has 0 amide bonds. The van der Waals surface area contributed by atoms with Crippen molar-refractivity contribution in [2.75, 3.05) is 11.1 Å². The Bertz CT molecular complexity index is 611.